The molecule has 4 nitrogen and oxygen atoms in total. The zero-order chi connectivity index (χ0) is 14.2. The van der Waals surface area contributed by atoms with Crippen LogP contribution in [0.4, 0.5) is 5.69 Å². The highest BCUT2D eigenvalue weighted by molar-refractivity contribution is 7.92. The van der Waals surface area contributed by atoms with Crippen molar-refractivity contribution in [3.05, 3.63) is 53.9 Å². The van der Waals surface area contributed by atoms with E-state index in [1.54, 1.807) is 6.07 Å². The van der Waals surface area contributed by atoms with E-state index in [1.807, 2.05) is 43.5 Å². The van der Waals surface area contributed by atoms with Gasteiger partial charge in [0.25, 0.3) is 0 Å². The van der Waals surface area contributed by atoms with Gasteiger partial charge in [-0.05, 0) is 30.7 Å². The molecule has 0 bridgehead atoms. The third-order valence-electron chi connectivity index (χ3n) is 3.54. The van der Waals surface area contributed by atoms with Crippen LogP contribution in [0.3, 0.4) is 0 Å². The fourth-order valence-electron chi connectivity index (χ4n) is 2.42. The first-order valence-electron chi connectivity index (χ1n) is 6.58. The molecule has 1 aliphatic rings. The van der Waals surface area contributed by atoms with Crippen LogP contribution in [0.25, 0.3) is 0 Å². The van der Waals surface area contributed by atoms with Gasteiger partial charge in [0.05, 0.1) is 38.3 Å². The summed E-state index contributed by atoms with van der Waals surface area (Å²) in [5.74, 6) is 0.385. The van der Waals surface area contributed by atoms with Crippen LogP contribution >= 0.6 is 0 Å². The largest absolute Gasteiger partial charge is 0.364 e. The minimum atomic E-state index is -2.64. The number of aromatic nitrogens is 1. The van der Waals surface area contributed by atoms with Gasteiger partial charge in [-0.2, -0.15) is 0 Å². The maximum absolute atomic E-state index is 12.3. The van der Waals surface area contributed by atoms with Gasteiger partial charge in [0.2, 0.25) is 0 Å². The molecule has 0 radical (unpaired) electrons. The lowest BCUT2D eigenvalue weighted by Gasteiger charge is -2.31. The summed E-state index contributed by atoms with van der Waals surface area (Å²) in [4.78, 5) is 7.23. The van der Waals surface area contributed by atoms with E-state index in [0.29, 0.717) is 23.7 Å². The van der Waals surface area contributed by atoms with Crippen molar-refractivity contribution in [3.63, 3.8) is 0 Å². The Morgan fingerprint density at radius 1 is 1.30 bits per heavy atom. The smallest absolute Gasteiger partial charge is 0.0764 e. The van der Waals surface area contributed by atoms with Gasteiger partial charge in [-0.25, -0.2) is 8.99 Å². The summed E-state index contributed by atoms with van der Waals surface area (Å²) in [6.07, 6.45) is 1.86. The molecular weight excluding hydrogens is 270 g/mol. The maximum atomic E-state index is 12.3. The SMILES string of the molecule is Cc1ccc(CN2CCS(=N)(=O)c3ccccc32)nc1. The van der Waals surface area contributed by atoms with E-state index < -0.39 is 9.73 Å². The quantitative estimate of drug-likeness (QED) is 0.924. The van der Waals surface area contributed by atoms with Gasteiger partial charge >= 0.3 is 0 Å². The lowest BCUT2D eigenvalue weighted by Crippen LogP contribution is -2.34. The number of aryl methyl sites for hydroxylation is 1. The fraction of sp³-hybridized carbons (Fsp3) is 0.267. The predicted octanol–water partition coefficient (Wildman–Crippen LogP) is 2.82. The molecule has 20 heavy (non-hydrogen) atoms. The van der Waals surface area contributed by atoms with E-state index in [-0.39, 0.29) is 0 Å². The van der Waals surface area contributed by atoms with Gasteiger partial charge in [0.15, 0.2) is 0 Å². The highest BCUT2D eigenvalue weighted by Crippen LogP contribution is 2.31. The van der Waals surface area contributed by atoms with Crippen LogP contribution in [-0.2, 0) is 16.3 Å². The molecule has 1 aromatic heterocycles. The molecule has 0 saturated heterocycles. The molecule has 0 aliphatic carbocycles. The van der Waals surface area contributed by atoms with Crippen LogP contribution in [0.1, 0.15) is 11.3 Å². The molecular formula is C15H17N3OS. The molecule has 2 heterocycles. The number of hydrogen-bond acceptors (Lipinski definition) is 4. The standard InChI is InChI=1S/C15H17N3OS/c1-12-6-7-13(17-10-12)11-18-8-9-20(16,19)15-5-3-2-4-14(15)18/h2-7,10,16H,8-9,11H2,1H3. The fourth-order valence-corrected chi connectivity index (χ4v) is 3.95. The molecule has 0 saturated carbocycles. The van der Waals surface area contributed by atoms with Crippen molar-refractivity contribution >= 4 is 15.4 Å². The number of pyridine rings is 1. The topological polar surface area (TPSA) is 57.1 Å². The van der Waals surface area contributed by atoms with Crippen molar-refractivity contribution in [2.24, 2.45) is 0 Å². The van der Waals surface area contributed by atoms with Gasteiger partial charge in [-0.15, -0.1) is 0 Å². The normalized spacial score (nSPS) is 21.6. The van der Waals surface area contributed by atoms with Crippen LogP contribution in [0, 0.1) is 11.7 Å². The number of para-hydroxylation sites is 1. The summed E-state index contributed by atoms with van der Waals surface area (Å²) in [7, 11) is -2.64. The Labute approximate surface area is 119 Å². The molecule has 1 aliphatic heterocycles. The van der Waals surface area contributed by atoms with E-state index in [1.165, 1.54) is 0 Å². The highest BCUT2D eigenvalue weighted by atomic mass is 32.2. The Morgan fingerprint density at radius 2 is 2.10 bits per heavy atom. The second kappa shape index (κ2) is 4.90. The monoisotopic (exact) mass is 287 g/mol. The molecule has 104 valence electrons. The van der Waals surface area contributed by atoms with Crippen LogP contribution in [0.2, 0.25) is 0 Å². The van der Waals surface area contributed by atoms with Crippen LogP contribution in [-0.4, -0.2) is 21.5 Å². The molecule has 3 rings (SSSR count). The third-order valence-corrected chi connectivity index (χ3v) is 5.35. The van der Waals surface area contributed by atoms with Crippen molar-refractivity contribution in [2.75, 3.05) is 17.2 Å². The molecule has 1 unspecified atom stereocenters. The van der Waals surface area contributed by atoms with E-state index in [2.05, 4.69) is 9.88 Å². The van der Waals surface area contributed by atoms with Crippen molar-refractivity contribution in [1.29, 1.82) is 4.78 Å². The summed E-state index contributed by atoms with van der Waals surface area (Å²) in [5.41, 5.74) is 3.03. The summed E-state index contributed by atoms with van der Waals surface area (Å²) in [6, 6.07) is 11.6. The Hall–Kier alpha value is -1.88. The summed E-state index contributed by atoms with van der Waals surface area (Å²) >= 11 is 0. The first-order chi connectivity index (χ1) is 9.56. The van der Waals surface area contributed by atoms with Gasteiger partial charge in [-0.3, -0.25) is 4.98 Å². The molecule has 1 atom stereocenters. The van der Waals surface area contributed by atoms with E-state index in [9.17, 15) is 4.21 Å². The average Bonchev–Trinajstić information content (AvgIpc) is 2.45. The van der Waals surface area contributed by atoms with E-state index >= 15 is 0 Å². The Balaban J connectivity index is 1.94. The second-order valence-electron chi connectivity index (χ2n) is 5.10. The predicted molar refractivity (Wildman–Crippen MR) is 80.5 cm³/mol. The van der Waals surface area contributed by atoms with Crippen LogP contribution in [0.5, 0.6) is 0 Å². The minimum absolute atomic E-state index is 0.385. The molecule has 0 amide bonds. The number of benzene rings is 1. The van der Waals surface area contributed by atoms with E-state index in [4.69, 9.17) is 4.78 Å². The third kappa shape index (κ3) is 2.41. The first-order valence-corrected chi connectivity index (χ1v) is 8.31. The number of rotatable bonds is 2. The number of anilines is 1. The first kappa shape index (κ1) is 13.1. The molecule has 2 aromatic rings. The Kier molecular flexibility index (Phi) is 3.22. The van der Waals surface area contributed by atoms with Gasteiger partial charge < -0.3 is 4.90 Å². The van der Waals surface area contributed by atoms with Gasteiger partial charge in [0.1, 0.15) is 0 Å². The van der Waals surface area contributed by atoms with Crippen LogP contribution in [0.15, 0.2) is 47.5 Å². The number of fused-ring (bicyclic) bond motifs is 1. The molecule has 1 N–H and O–H groups in total. The van der Waals surface area contributed by atoms with Gasteiger partial charge in [-0.1, -0.05) is 18.2 Å². The second-order valence-corrected chi connectivity index (χ2v) is 7.29. The van der Waals surface area contributed by atoms with Crippen molar-refractivity contribution in [3.8, 4) is 0 Å². The van der Waals surface area contributed by atoms with Crippen LogP contribution < -0.4 is 4.90 Å². The minimum Gasteiger partial charge on any atom is -0.364 e. The molecule has 1 aromatic carbocycles. The molecule has 0 spiro atoms. The van der Waals surface area contributed by atoms with Gasteiger partial charge in [0, 0.05) is 12.7 Å². The summed E-state index contributed by atoms with van der Waals surface area (Å²) in [5, 5.41) is 0. The summed E-state index contributed by atoms with van der Waals surface area (Å²) in [6.45, 7) is 3.34. The lowest BCUT2D eigenvalue weighted by molar-refractivity contribution is 0.665. The van der Waals surface area contributed by atoms with Crippen molar-refractivity contribution in [1.82, 2.24) is 4.98 Å². The Morgan fingerprint density at radius 3 is 2.85 bits per heavy atom. The maximum Gasteiger partial charge on any atom is 0.0764 e. The zero-order valence-electron chi connectivity index (χ0n) is 11.4. The molecule has 5 heteroatoms. The van der Waals surface area contributed by atoms with Crippen molar-refractivity contribution in [2.45, 2.75) is 18.4 Å². The molecule has 0 fully saturated rings. The number of nitrogens with zero attached hydrogens (tertiary/aromatic N) is 2. The zero-order valence-corrected chi connectivity index (χ0v) is 12.2. The summed E-state index contributed by atoms with van der Waals surface area (Å²) < 4.78 is 20.3. The number of nitrogens with one attached hydrogen (secondary N) is 1. The average molecular weight is 287 g/mol. The van der Waals surface area contributed by atoms with Crippen molar-refractivity contribution < 1.29 is 4.21 Å². The Bertz CT molecular complexity index is 723. The lowest BCUT2D eigenvalue weighted by atomic mass is 10.2. The highest BCUT2D eigenvalue weighted by Gasteiger charge is 2.25. The van der Waals surface area contributed by atoms with E-state index in [0.717, 1.165) is 16.9 Å². The number of hydrogen-bond donors (Lipinski definition) is 1.